The molecule has 0 fully saturated rings. The molecule has 2 aliphatic heterocycles. The van der Waals surface area contributed by atoms with Crippen molar-refractivity contribution in [3.05, 3.63) is 58.7 Å². The van der Waals surface area contributed by atoms with Crippen LogP contribution in [0.1, 0.15) is 59.3 Å². The SMILES string of the molecule is CCOC(CCNC(=O)C1c2ccccc2C(=O)N2CCc3cc(OC)c(OC)cc3C12)OCC. The fourth-order valence-corrected chi connectivity index (χ4v) is 5.15. The Bertz CT molecular complexity index is 1070. The van der Waals surface area contributed by atoms with Gasteiger partial charge in [0, 0.05) is 38.3 Å². The van der Waals surface area contributed by atoms with Crippen LogP contribution in [-0.4, -0.2) is 63.5 Å². The van der Waals surface area contributed by atoms with E-state index >= 15 is 0 Å². The summed E-state index contributed by atoms with van der Waals surface area (Å²) in [5.41, 5.74) is 3.29. The molecule has 2 aromatic rings. The first kappa shape index (κ1) is 25.0. The second kappa shape index (κ2) is 11.1. The van der Waals surface area contributed by atoms with E-state index in [1.54, 1.807) is 20.3 Å². The Labute approximate surface area is 206 Å². The van der Waals surface area contributed by atoms with Gasteiger partial charge in [-0.2, -0.15) is 0 Å². The molecule has 0 bridgehead atoms. The normalized spacial score (nSPS) is 18.5. The average molecular weight is 483 g/mol. The van der Waals surface area contributed by atoms with Crippen molar-refractivity contribution >= 4 is 11.8 Å². The molecule has 2 amide bonds. The van der Waals surface area contributed by atoms with Crippen LogP contribution in [0, 0.1) is 0 Å². The van der Waals surface area contributed by atoms with Gasteiger partial charge in [0.05, 0.1) is 26.2 Å². The van der Waals surface area contributed by atoms with Crippen LogP contribution in [0.25, 0.3) is 0 Å². The van der Waals surface area contributed by atoms with Gasteiger partial charge in [-0.05, 0) is 55.2 Å². The molecule has 0 radical (unpaired) electrons. The highest BCUT2D eigenvalue weighted by molar-refractivity contribution is 6.01. The number of rotatable bonds is 10. The van der Waals surface area contributed by atoms with E-state index in [0.29, 0.717) is 56.2 Å². The summed E-state index contributed by atoms with van der Waals surface area (Å²) in [6, 6.07) is 10.8. The third-order valence-electron chi connectivity index (χ3n) is 6.69. The Kier molecular flexibility index (Phi) is 7.93. The van der Waals surface area contributed by atoms with E-state index < -0.39 is 12.0 Å². The fraction of sp³-hybridized carbons (Fsp3) is 0.481. The van der Waals surface area contributed by atoms with Crippen molar-refractivity contribution in [3.8, 4) is 11.5 Å². The molecule has 8 nitrogen and oxygen atoms in total. The number of carbonyl (C=O) groups excluding carboxylic acids is 2. The van der Waals surface area contributed by atoms with Crippen molar-refractivity contribution in [2.45, 2.75) is 44.9 Å². The Morgan fingerprint density at radius 3 is 2.43 bits per heavy atom. The molecule has 188 valence electrons. The molecule has 1 N–H and O–H groups in total. The zero-order valence-corrected chi connectivity index (χ0v) is 20.8. The zero-order valence-electron chi connectivity index (χ0n) is 20.8. The summed E-state index contributed by atoms with van der Waals surface area (Å²) in [5, 5.41) is 3.08. The highest BCUT2D eigenvalue weighted by Crippen LogP contribution is 2.48. The monoisotopic (exact) mass is 482 g/mol. The van der Waals surface area contributed by atoms with Crippen LogP contribution in [0.3, 0.4) is 0 Å². The van der Waals surface area contributed by atoms with Crippen LogP contribution >= 0.6 is 0 Å². The molecule has 0 aromatic heterocycles. The van der Waals surface area contributed by atoms with Gasteiger partial charge in [-0.25, -0.2) is 0 Å². The van der Waals surface area contributed by atoms with Crippen molar-refractivity contribution in [3.63, 3.8) is 0 Å². The molecule has 2 heterocycles. The van der Waals surface area contributed by atoms with Gasteiger partial charge < -0.3 is 29.2 Å². The van der Waals surface area contributed by atoms with Crippen LogP contribution < -0.4 is 14.8 Å². The summed E-state index contributed by atoms with van der Waals surface area (Å²) >= 11 is 0. The number of hydrogen-bond donors (Lipinski definition) is 1. The van der Waals surface area contributed by atoms with Gasteiger partial charge in [-0.3, -0.25) is 9.59 Å². The number of amides is 2. The molecule has 4 rings (SSSR count). The minimum atomic E-state index is -0.557. The number of hydrogen-bond acceptors (Lipinski definition) is 6. The quantitative estimate of drug-likeness (QED) is 0.522. The lowest BCUT2D eigenvalue weighted by atomic mass is 9.75. The van der Waals surface area contributed by atoms with E-state index in [-0.39, 0.29) is 18.1 Å². The maximum Gasteiger partial charge on any atom is 0.254 e. The summed E-state index contributed by atoms with van der Waals surface area (Å²) in [4.78, 5) is 29.0. The maximum absolute atomic E-state index is 13.7. The second-order valence-electron chi connectivity index (χ2n) is 8.58. The van der Waals surface area contributed by atoms with Crippen LogP contribution in [0.5, 0.6) is 11.5 Å². The number of fused-ring (bicyclic) bond motifs is 4. The van der Waals surface area contributed by atoms with E-state index in [1.165, 1.54) is 0 Å². The topological polar surface area (TPSA) is 86.3 Å². The van der Waals surface area contributed by atoms with Crippen molar-refractivity contribution in [2.24, 2.45) is 0 Å². The van der Waals surface area contributed by atoms with E-state index in [9.17, 15) is 9.59 Å². The Morgan fingerprint density at radius 1 is 1.06 bits per heavy atom. The Balaban J connectivity index is 1.69. The molecule has 0 saturated carbocycles. The van der Waals surface area contributed by atoms with Crippen LogP contribution in [0.15, 0.2) is 36.4 Å². The first-order valence-corrected chi connectivity index (χ1v) is 12.2. The average Bonchev–Trinajstić information content (AvgIpc) is 2.88. The van der Waals surface area contributed by atoms with Gasteiger partial charge in [0.1, 0.15) is 0 Å². The maximum atomic E-state index is 13.7. The third kappa shape index (κ3) is 4.86. The van der Waals surface area contributed by atoms with Gasteiger partial charge >= 0.3 is 0 Å². The highest BCUT2D eigenvalue weighted by Gasteiger charge is 2.46. The predicted octanol–water partition coefficient (Wildman–Crippen LogP) is 3.45. The molecule has 0 saturated heterocycles. The number of benzene rings is 2. The number of methoxy groups -OCH3 is 2. The molecular formula is C27H34N2O6. The standard InChI is InChI=1S/C27H34N2O6/c1-5-34-23(35-6-2)11-13-28-26(30)24-18-9-7-8-10-19(18)27(31)29-14-12-17-15-21(32-3)22(33-4)16-20(17)25(24)29/h7-10,15-16,23-25H,5-6,11-14H2,1-4H3,(H,28,30). The Morgan fingerprint density at radius 2 is 1.74 bits per heavy atom. The first-order chi connectivity index (χ1) is 17.0. The molecule has 2 atom stereocenters. The largest absolute Gasteiger partial charge is 0.493 e. The predicted molar refractivity (Wildman–Crippen MR) is 131 cm³/mol. The number of ether oxygens (including phenoxy) is 4. The molecule has 2 aliphatic rings. The number of carbonyl (C=O) groups is 2. The van der Waals surface area contributed by atoms with Crippen LogP contribution in [0.4, 0.5) is 0 Å². The van der Waals surface area contributed by atoms with E-state index in [1.807, 2.05) is 49.1 Å². The van der Waals surface area contributed by atoms with Crippen LogP contribution in [0.2, 0.25) is 0 Å². The lowest BCUT2D eigenvalue weighted by Crippen LogP contribution is -2.50. The highest BCUT2D eigenvalue weighted by atomic mass is 16.7. The van der Waals surface area contributed by atoms with Crippen molar-refractivity contribution in [1.82, 2.24) is 10.2 Å². The van der Waals surface area contributed by atoms with Gasteiger partial charge in [-0.1, -0.05) is 18.2 Å². The number of nitrogens with zero attached hydrogens (tertiary/aromatic N) is 1. The minimum absolute atomic E-state index is 0.0529. The van der Waals surface area contributed by atoms with Gasteiger partial charge in [0.25, 0.3) is 5.91 Å². The fourth-order valence-electron chi connectivity index (χ4n) is 5.15. The Hall–Kier alpha value is -3.10. The molecule has 8 heteroatoms. The molecule has 35 heavy (non-hydrogen) atoms. The molecule has 2 unspecified atom stereocenters. The molecule has 0 spiro atoms. The lowest BCUT2D eigenvalue weighted by Gasteiger charge is -2.45. The van der Waals surface area contributed by atoms with Crippen molar-refractivity contribution in [2.75, 3.05) is 40.5 Å². The smallest absolute Gasteiger partial charge is 0.254 e. The lowest BCUT2D eigenvalue weighted by molar-refractivity contribution is -0.140. The second-order valence-corrected chi connectivity index (χ2v) is 8.58. The molecular weight excluding hydrogens is 448 g/mol. The van der Waals surface area contributed by atoms with Gasteiger partial charge in [0.15, 0.2) is 17.8 Å². The third-order valence-corrected chi connectivity index (χ3v) is 6.69. The first-order valence-electron chi connectivity index (χ1n) is 12.2. The van der Waals surface area contributed by atoms with Gasteiger partial charge in [0.2, 0.25) is 5.91 Å². The van der Waals surface area contributed by atoms with Crippen molar-refractivity contribution in [1.29, 1.82) is 0 Å². The number of nitrogens with one attached hydrogen (secondary N) is 1. The zero-order chi connectivity index (χ0) is 24.9. The summed E-state index contributed by atoms with van der Waals surface area (Å²) < 4.78 is 22.3. The minimum Gasteiger partial charge on any atom is -0.493 e. The summed E-state index contributed by atoms with van der Waals surface area (Å²) in [7, 11) is 3.19. The molecule has 2 aromatic carbocycles. The molecule has 0 aliphatic carbocycles. The summed E-state index contributed by atoms with van der Waals surface area (Å²) in [6.07, 6.45) is 0.851. The summed E-state index contributed by atoms with van der Waals surface area (Å²) in [6.45, 7) is 5.84. The van der Waals surface area contributed by atoms with E-state index in [0.717, 1.165) is 16.7 Å². The summed E-state index contributed by atoms with van der Waals surface area (Å²) in [5.74, 6) is 0.479. The van der Waals surface area contributed by atoms with E-state index in [2.05, 4.69) is 5.32 Å². The van der Waals surface area contributed by atoms with E-state index in [4.69, 9.17) is 18.9 Å². The van der Waals surface area contributed by atoms with Crippen molar-refractivity contribution < 1.29 is 28.5 Å². The van der Waals surface area contributed by atoms with Crippen LogP contribution in [-0.2, 0) is 20.7 Å². The van der Waals surface area contributed by atoms with Gasteiger partial charge in [-0.15, -0.1) is 0 Å².